The highest BCUT2D eigenvalue weighted by Crippen LogP contribution is 2.21. The van der Waals surface area contributed by atoms with Crippen LogP contribution in [0.25, 0.3) is 11.5 Å². The molecule has 2 rings (SSSR count). The zero-order valence-electron chi connectivity index (χ0n) is 12.6. The summed E-state index contributed by atoms with van der Waals surface area (Å²) >= 11 is 0. The summed E-state index contributed by atoms with van der Waals surface area (Å²) in [4.78, 5) is 38.0. The molecule has 0 aliphatic carbocycles. The molecule has 0 radical (unpaired) electrons. The lowest BCUT2D eigenvalue weighted by atomic mass is 10.2. The summed E-state index contributed by atoms with van der Waals surface area (Å²) in [5.74, 6) is -1.32. The molecule has 0 unspecified atom stereocenters. The standard InChI is InChI=1S/C15H15N3O5/c1-9-13(15(21)22-8-12(20)18-17-10(2)19)16-14(23-9)11-6-4-3-5-7-11/h3-7H,8H2,1-2H3,(H,17,19)(H,18,20). The van der Waals surface area contributed by atoms with Crippen molar-refractivity contribution in [3.05, 3.63) is 41.8 Å². The number of hydrogen-bond donors (Lipinski definition) is 2. The van der Waals surface area contributed by atoms with Gasteiger partial charge in [0, 0.05) is 12.5 Å². The molecule has 1 heterocycles. The number of carbonyl (C=O) groups excluding carboxylic acids is 3. The summed E-state index contributed by atoms with van der Waals surface area (Å²) < 4.78 is 10.3. The van der Waals surface area contributed by atoms with E-state index in [4.69, 9.17) is 9.15 Å². The minimum Gasteiger partial charge on any atom is -0.451 e. The van der Waals surface area contributed by atoms with Crippen molar-refractivity contribution in [2.75, 3.05) is 6.61 Å². The predicted molar refractivity (Wildman–Crippen MR) is 78.9 cm³/mol. The van der Waals surface area contributed by atoms with Crippen molar-refractivity contribution in [3.63, 3.8) is 0 Å². The fraction of sp³-hybridized carbons (Fsp3) is 0.200. The van der Waals surface area contributed by atoms with E-state index in [0.29, 0.717) is 0 Å². The maximum atomic E-state index is 11.9. The van der Waals surface area contributed by atoms with Gasteiger partial charge in [-0.25, -0.2) is 9.78 Å². The first kappa shape index (κ1) is 16.2. The van der Waals surface area contributed by atoms with E-state index in [-0.39, 0.29) is 17.3 Å². The number of carbonyl (C=O) groups is 3. The zero-order chi connectivity index (χ0) is 16.8. The van der Waals surface area contributed by atoms with Crippen LogP contribution in [-0.4, -0.2) is 29.4 Å². The number of ether oxygens (including phenoxy) is 1. The molecule has 120 valence electrons. The number of benzene rings is 1. The number of hydrazine groups is 1. The number of aromatic nitrogens is 1. The Bertz CT molecular complexity index is 724. The smallest absolute Gasteiger partial charge is 0.361 e. The number of aryl methyl sites for hydroxylation is 1. The van der Waals surface area contributed by atoms with Gasteiger partial charge in [-0.3, -0.25) is 20.4 Å². The van der Waals surface area contributed by atoms with Crippen molar-refractivity contribution >= 4 is 17.8 Å². The Morgan fingerprint density at radius 3 is 2.52 bits per heavy atom. The van der Waals surface area contributed by atoms with Crippen molar-refractivity contribution in [3.8, 4) is 11.5 Å². The summed E-state index contributed by atoms with van der Waals surface area (Å²) in [6.45, 7) is 2.26. The number of oxazole rings is 1. The fourth-order valence-corrected chi connectivity index (χ4v) is 1.68. The largest absolute Gasteiger partial charge is 0.451 e. The van der Waals surface area contributed by atoms with E-state index in [2.05, 4.69) is 15.8 Å². The average Bonchev–Trinajstić information content (AvgIpc) is 2.93. The van der Waals surface area contributed by atoms with Gasteiger partial charge in [-0.1, -0.05) is 18.2 Å². The zero-order valence-corrected chi connectivity index (χ0v) is 12.6. The molecule has 2 amide bonds. The van der Waals surface area contributed by atoms with Crippen molar-refractivity contribution in [1.82, 2.24) is 15.8 Å². The molecule has 1 aromatic carbocycles. The first-order valence-electron chi connectivity index (χ1n) is 6.72. The minimum atomic E-state index is -0.786. The summed E-state index contributed by atoms with van der Waals surface area (Å²) in [5.41, 5.74) is 4.87. The topological polar surface area (TPSA) is 111 Å². The number of esters is 1. The van der Waals surface area contributed by atoms with Crippen LogP contribution in [0.2, 0.25) is 0 Å². The number of rotatable bonds is 4. The van der Waals surface area contributed by atoms with Crippen molar-refractivity contribution in [1.29, 1.82) is 0 Å². The molecule has 0 atom stereocenters. The van der Waals surface area contributed by atoms with Crippen LogP contribution in [0, 0.1) is 6.92 Å². The van der Waals surface area contributed by atoms with E-state index in [1.807, 2.05) is 18.2 Å². The first-order valence-corrected chi connectivity index (χ1v) is 6.72. The molecule has 0 bridgehead atoms. The number of nitrogens with zero attached hydrogens (tertiary/aromatic N) is 1. The highest BCUT2D eigenvalue weighted by Gasteiger charge is 2.20. The monoisotopic (exact) mass is 317 g/mol. The van der Waals surface area contributed by atoms with Gasteiger partial charge in [0.15, 0.2) is 12.3 Å². The van der Waals surface area contributed by atoms with Crippen LogP contribution in [0.5, 0.6) is 0 Å². The predicted octanol–water partition coefficient (Wildman–Crippen LogP) is 0.974. The molecule has 23 heavy (non-hydrogen) atoms. The SMILES string of the molecule is CC(=O)NNC(=O)COC(=O)c1nc(-c2ccccc2)oc1C. The second-order valence-electron chi connectivity index (χ2n) is 4.60. The van der Waals surface area contributed by atoms with Gasteiger partial charge >= 0.3 is 5.97 Å². The normalized spacial score (nSPS) is 10.0. The van der Waals surface area contributed by atoms with Crippen LogP contribution in [0.1, 0.15) is 23.2 Å². The van der Waals surface area contributed by atoms with E-state index < -0.39 is 24.4 Å². The number of hydrogen-bond acceptors (Lipinski definition) is 6. The van der Waals surface area contributed by atoms with Gasteiger partial charge in [-0.05, 0) is 19.1 Å². The van der Waals surface area contributed by atoms with E-state index in [1.54, 1.807) is 19.1 Å². The number of nitrogens with one attached hydrogen (secondary N) is 2. The van der Waals surface area contributed by atoms with E-state index >= 15 is 0 Å². The summed E-state index contributed by atoms with van der Waals surface area (Å²) in [6.07, 6.45) is 0. The molecular formula is C15H15N3O5. The van der Waals surface area contributed by atoms with Gasteiger partial charge in [-0.15, -0.1) is 0 Å². The average molecular weight is 317 g/mol. The maximum Gasteiger partial charge on any atom is 0.361 e. The minimum absolute atomic E-state index is 0.00354. The highest BCUT2D eigenvalue weighted by atomic mass is 16.5. The third-order valence-corrected chi connectivity index (χ3v) is 2.72. The van der Waals surface area contributed by atoms with Gasteiger partial charge in [0.2, 0.25) is 11.8 Å². The van der Waals surface area contributed by atoms with Gasteiger partial charge < -0.3 is 9.15 Å². The molecule has 0 saturated carbocycles. The van der Waals surface area contributed by atoms with E-state index in [0.717, 1.165) is 5.56 Å². The Labute approximate surface area is 131 Å². The molecule has 0 spiro atoms. The van der Waals surface area contributed by atoms with Crippen LogP contribution in [-0.2, 0) is 14.3 Å². The fourth-order valence-electron chi connectivity index (χ4n) is 1.68. The summed E-state index contributed by atoms with van der Waals surface area (Å²) in [7, 11) is 0. The van der Waals surface area contributed by atoms with Crippen molar-refractivity contribution in [2.24, 2.45) is 0 Å². The summed E-state index contributed by atoms with van der Waals surface area (Å²) in [5, 5.41) is 0. The molecule has 0 saturated heterocycles. The third kappa shape index (κ3) is 4.40. The Morgan fingerprint density at radius 2 is 1.87 bits per heavy atom. The Morgan fingerprint density at radius 1 is 1.17 bits per heavy atom. The van der Waals surface area contributed by atoms with Gasteiger partial charge in [0.25, 0.3) is 5.91 Å². The van der Waals surface area contributed by atoms with Crippen molar-refractivity contribution in [2.45, 2.75) is 13.8 Å². The Kier molecular flexibility index (Phi) is 5.08. The molecule has 0 aliphatic rings. The van der Waals surface area contributed by atoms with Crippen LogP contribution in [0.15, 0.2) is 34.7 Å². The van der Waals surface area contributed by atoms with Gasteiger partial charge in [0.1, 0.15) is 5.76 Å². The van der Waals surface area contributed by atoms with Crippen LogP contribution >= 0.6 is 0 Å². The van der Waals surface area contributed by atoms with E-state index in [1.165, 1.54) is 6.92 Å². The summed E-state index contributed by atoms with van der Waals surface area (Å²) in [6, 6.07) is 9.07. The third-order valence-electron chi connectivity index (χ3n) is 2.72. The molecule has 8 heteroatoms. The first-order chi connectivity index (χ1) is 11.0. The molecule has 2 N–H and O–H groups in total. The second-order valence-corrected chi connectivity index (χ2v) is 4.60. The van der Waals surface area contributed by atoms with Crippen molar-refractivity contribution < 1.29 is 23.5 Å². The second kappa shape index (κ2) is 7.21. The van der Waals surface area contributed by atoms with Crippen LogP contribution in [0.3, 0.4) is 0 Å². The quantitative estimate of drug-likeness (QED) is 0.642. The molecule has 8 nitrogen and oxygen atoms in total. The Balaban J connectivity index is 1.99. The lowest BCUT2D eigenvalue weighted by Gasteiger charge is -2.05. The molecule has 0 aliphatic heterocycles. The van der Waals surface area contributed by atoms with Gasteiger partial charge in [0.05, 0.1) is 0 Å². The maximum absolute atomic E-state index is 11.9. The number of amides is 2. The van der Waals surface area contributed by atoms with Gasteiger partial charge in [-0.2, -0.15) is 0 Å². The molecule has 2 aromatic rings. The lowest BCUT2D eigenvalue weighted by molar-refractivity contribution is -0.129. The van der Waals surface area contributed by atoms with Crippen LogP contribution < -0.4 is 10.9 Å². The van der Waals surface area contributed by atoms with Crippen LogP contribution in [0.4, 0.5) is 0 Å². The Hall–Kier alpha value is -3.16. The molecule has 1 aromatic heterocycles. The molecule has 0 fully saturated rings. The lowest BCUT2D eigenvalue weighted by Crippen LogP contribution is -2.42. The van der Waals surface area contributed by atoms with E-state index in [9.17, 15) is 14.4 Å². The highest BCUT2D eigenvalue weighted by molar-refractivity contribution is 5.91. The molecular weight excluding hydrogens is 302 g/mol.